The molecular formula is C9H11N3O4. The number of hydrogen-bond donors (Lipinski definition) is 3. The molecule has 7 nitrogen and oxygen atoms in total. The van der Waals surface area contributed by atoms with E-state index in [9.17, 15) is 14.9 Å². The molecule has 4 N–H and O–H groups in total. The Morgan fingerprint density at radius 3 is 2.75 bits per heavy atom. The molecule has 7 heteroatoms. The van der Waals surface area contributed by atoms with Crippen LogP contribution in [0.2, 0.25) is 0 Å². The number of rotatable bonds is 5. The van der Waals surface area contributed by atoms with Crippen LogP contribution >= 0.6 is 0 Å². The van der Waals surface area contributed by atoms with Crippen LogP contribution in [0.3, 0.4) is 0 Å². The number of benzene rings is 1. The average molecular weight is 225 g/mol. The van der Waals surface area contributed by atoms with Gasteiger partial charge in [0.15, 0.2) is 0 Å². The molecule has 86 valence electrons. The third-order valence-electron chi connectivity index (χ3n) is 1.90. The summed E-state index contributed by atoms with van der Waals surface area (Å²) in [6.45, 7) is 0.744. The first-order valence-electron chi connectivity index (χ1n) is 4.52. The van der Waals surface area contributed by atoms with Crippen molar-refractivity contribution in [1.29, 1.82) is 0 Å². The predicted octanol–water partition coefficient (Wildman–Crippen LogP) is 0.664. The topological polar surface area (TPSA) is 118 Å². The monoisotopic (exact) mass is 225 g/mol. The number of nitrogens with one attached hydrogen (secondary N) is 1. The highest BCUT2D eigenvalue weighted by Gasteiger charge is 2.15. The van der Waals surface area contributed by atoms with Crippen molar-refractivity contribution < 1.29 is 14.8 Å². The van der Waals surface area contributed by atoms with Crippen LogP contribution in [-0.2, 0) is 0 Å². The molecule has 0 saturated carbocycles. The van der Waals surface area contributed by atoms with Gasteiger partial charge in [-0.05, 0) is 6.07 Å². The summed E-state index contributed by atoms with van der Waals surface area (Å²) < 4.78 is 0. The molecule has 0 heterocycles. The fraction of sp³-hybridized carbons (Fsp3) is 0.222. The molecule has 1 rings (SSSR count). The van der Waals surface area contributed by atoms with Crippen LogP contribution in [0.15, 0.2) is 18.2 Å². The molecule has 0 fully saturated rings. The maximum Gasteiger partial charge on any atom is 0.338 e. The first-order valence-corrected chi connectivity index (χ1v) is 4.52. The van der Waals surface area contributed by atoms with Crippen molar-refractivity contribution >= 4 is 17.3 Å². The summed E-state index contributed by atoms with van der Waals surface area (Å²) in [7, 11) is 0. The number of nitro benzene ring substituents is 1. The van der Waals surface area contributed by atoms with E-state index in [1.807, 2.05) is 0 Å². The van der Waals surface area contributed by atoms with E-state index in [0.29, 0.717) is 18.8 Å². The van der Waals surface area contributed by atoms with Gasteiger partial charge in [0.25, 0.3) is 5.69 Å². The predicted molar refractivity (Wildman–Crippen MR) is 57.6 cm³/mol. The Kier molecular flexibility index (Phi) is 3.78. The van der Waals surface area contributed by atoms with Crippen LogP contribution < -0.4 is 11.1 Å². The van der Waals surface area contributed by atoms with Crippen molar-refractivity contribution in [1.82, 2.24) is 0 Å². The van der Waals surface area contributed by atoms with Crippen LogP contribution in [0.25, 0.3) is 0 Å². The molecule has 0 radical (unpaired) electrons. The number of aromatic carboxylic acids is 1. The Bertz CT molecular complexity index is 419. The van der Waals surface area contributed by atoms with Gasteiger partial charge in [0, 0.05) is 30.9 Å². The van der Waals surface area contributed by atoms with E-state index in [1.54, 1.807) is 0 Å². The molecule has 0 bridgehead atoms. The fourth-order valence-corrected chi connectivity index (χ4v) is 1.18. The zero-order valence-electron chi connectivity index (χ0n) is 8.34. The Balaban J connectivity index is 3.09. The van der Waals surface area contributed by atoms with Gasteiger partial charge >= 0.3 is 5.97 Å². The number of nitro groups is 1. The summed E-state index contributed by atoms with van der Waals surface area (Å²) in [5.41, 5.74) is 5.19. The maximum absolute atomic E-state index is 10.9. The number of anilines is 1. The summed E-state index contributed by atoms with van der Waals surface area (Å²) in [5, 5.41) is 22.1. The van der Waals surface area contributed by atoms with E-state index >= 15 is 0 Å². The molecule has 0 saturated heterocycles. The molecule has 0 unspecified atom stereocenters. The summed E-state index contributed by atoms with van der Waals surface area (Å²) in [6.07, 6.45) is 0. The van der Waals surface area contributed by atoms with Gasteiger partial charge in [0.1, 0.15) is 0 Å². The second-order valence-corrected chi connectivity index (χ2v) is 3.01. The molecule has 0 aliphatic heterocycles. The molecule has 0 aromatic heterocycles. The molecule has 0 amide bonds. The molecule has 0 aliphatic rings. The lowest BCUT2D eigenvalue weighted by atomic mass is 10.1. The average Bonchev–Trinajstić information content (AvgIpc) is 2.25. The third-order valence-corrected chi connectivity index (χ3v) is 1.90. The van der Waals surface area contributed by atoms with E-state index in [4.69, 9.17) is 10.8 Å². The van der Waals surface area contributed by atoms with Crippen molar-refractivity contribution in [3.05, 3.63) is 33.9 Å². The van der Waals surface area contributed by atoms with Crippen molar-refractivity contribution in [3.8, 4) is 0 Å². The number of hydrogen-bond acceptors (Lipinski definition) is 5. The molecule has 0 atom stereocenters. The lowest BCUT2D eigenvalue weighted by molar-refractivity contribution is -0.384. The van der Waals surface area contributed by atoms with Crippen LogP contribution in [0.4, 0.5) is 11.4 Å². The number of carbonyl (C=O) groups is 1. The van der Waals surface area contributed by atoms with Crippen LogP contribution in [0, 0.1) is 10.1 Å². The summed E-state index contributed by atoms with van der Waals surface area (Å²) >= 11 is 0. The van der Waals surface area contributed by atoms with Crippen LogP contribution in [0.1, 0.15) is 10.4 Å². The fourth-order valence-electron chi connectivity index (χ4n) is 1.18. The Morgan fingerprint density at radius 2 is 2.25 bits per heavy atom. The SMILES string of the molecule is NCCNc1ccc([N+](=O)[O-])cc1C(=O)O. The Labute approximate surface area is 91.0 Å². The molecule has 16 heavy (non-hydrogen) atoms. The normalized spacial score (nSPS) is 9.81. The van der Waals surface area contributed by atoms with E-state index in [-0.39, 0.29) is 11.3 Å². The standard InChI is InChI=1S/C9H11N3O4/c10-3-4-11-8-2-1-6(12(15)16)5-7(8)9(13)14/h1-2,5,11H,3-4,10H2,(H,13,14). The van der Waals surface area contributed by atoms with Gasteiger partial charge in [-0.25, -0.2) is 4.79 Å². The highest BCUT2D eigenvalue weighted by Crippen LogP contribution is 2.21. The summed E-state index contributed by atoms with van der Waals surface area (Å²) in [6, 6.07) is 3.61. The molecule has 1 aromatic rings. The van der Waals surface area contributed by atoms with Gasteiger partial charge in [0.2, 0.25) is 0 Å². The van der Waals surface area contributed by atoms with Gasteiger partial charge in [-0.1, -0.05) is 0 Å². The number of carboxylic acid groups (broad SMARTS) is 1. The maximum atomic E-state index is 10.9. The van der Waals surface area contributed by atoms with Gasteiger partial charge in [0.05, 0.1) is 10.5 Å². The van der Waals surface area contributed by atoms with Crippen LogP contribution in [0.5, 0.6) is 0 Å². The Hall–Kier alpha value is -2.15. The molecule has 0 aliphatic carbocycles. The number of nitrogens with two attached hydrogens (primary N) is 1. The number of carboxylic acids is 1. The zero-order valence-corrected chi connectivity index (χ0v) is 8.34. The minimum absolute atomic E-state index is 0.136. The van der Waals surface area contributed by atoms with E-state index in [0.717, 1.165) is 6.07 Å². The van der Waals surface area contributed by atoms with Crippen molar-refractivity contribution in [2.24, 2.45) is 5.73 Å². The third kappa shape index (κ3) is 2.67. The Morgan fingerprint density at radius 1 is 1.56 bits per heavy atom. The molecule has 1 aromatic carbocycles. The van der Waals surface area contributed by atoms with Gasteiger partial charge in [-0.2, -0.15) is 0 Å². The minimum Gasteiger partial charge on any atom is -0.478 e. The zero-order chi connectivity index (χ0) is 12.1. The molecular weight excluding hydrogens is 214 g/mol. The highest BCUT2D eigenvalue weighted by atomic mass is 16.6. The van der Waals surface area contributed by atoms with Crippen molar-refractivity contribution in [2.75, 3.05) is 18.4 Å². The van der Waals surface area contributed by atoms with Gasteiger partial charge in [-0.15, -0.1) is 0 Å². The van der Waals surface area contributed by atoms with E-state index in [1.165, 1.54) is 12.1 Å². The number of nitrogens with zero attached hydrogens (tertiary/aromatic N) is 1. The van der Waals surface area contributed by atoms with E-state index in [2.05, 4.69) is 5.32 Å². The van der Waals surface area contributed by atoms with E-state index < -0.39 is 10.9 Å². The smallest absolute Gasteiger partial charge is 0.338 e. The number of non-ortho nitro benzene ring substituents is 1. The van der Waals surface area contributed by atoms with Crippen LogP contribution in [-0.4, -0.2) is 29.1 Å². The minimum atomic E-state index is -1.22. The second kappa shape index (κ2) is 5.08. The summed E-state index contributed by atoms with van der Waals surface area (Å²) in [4.78, 5) is 20.7. The first kappa shape index (κ1) is 11.9. The highest BCUT2D eigenvalue weighted by molar-refractivity contribution is 5.95. The van der Waals surface area contributed by atoms with Crippen molar-refractivity contribution in [2.45, 2.75) is 0 Å². The largest absolute Gasteiger partial charge is 0.478 e. The summed E-state index contributed by atoms with van der Waals surface area (Å²) in [5.74, 6) is -1.22. The van der Waals surface area contributed by atoms with Crippen molar-refractivity contribution in [3.63, 3.8) is 0 Å². The quantitative estimate of drug-likeness (QED) is 0.500. The first-order chi connectivity index (χ1) is 7.56. The van der Waals surface area contributed by atoms with Gasteiger partial charge in [-0.3, -0.25) is 10.1 Å². The molecule has 0 spiro atoms. The lowest BCUT2D eigenvalue weighted by Crippen LogP contribution is -2.15. The lowest BCUT2D eigenvalue weighted by Gasteiger charge is -2.07. The van der Waals surface area contributed by atoms with Gasteiger partial charge < -0.3 is 16.2 Å². The second-order valence-electron chi connectivity index (χ2n) is 3.01.